The zero-order valence-electron chi connectivity index (χ0n) is 18.2. The highest BCUT2D eigenvalue weighted by molar-refractivity contribution is 7.89. The molecular formula is C24H20ClN3O5S. The Labute approximate surface area is 200 Å². The molecule has 0 aliphatic carbocycles. The SMILES string of the molecule is COc1ccc(NC(=O)c2cc3ccccc3o/c2=N/NS(=O)(=O)c2ccc(C)cc2)cc1Cl. The molecule has 34 heavy (non-hydrogen) atoms. The predicted octanol–water partition coefficient (Wildman–Crippen LogP) is 4.45. The number of ether oxygens (including phenoxy) is 1. The number of nitrogens with one attached hydrogen (secondary N) is 2. The highest BCUT2D eigenvalue weighted by atomic mass is 35.5. The minimum atomic E-state index is -3.98. The monoisotopic (exact) mass is 497 g/mol. The Hall–Kier alpha value is -3.82. The van der Waals surface area contributed by atoms with Crippen molar-refractivity contribution in [1.29, 1.82) is 0 Å². The number of hydrogen-bond acceptors (Lipinski definition) is 6. The summed E-state index contributed by atoms with van der Waals surface area (Å²) in [6.45, 7) is 1.85. The van der Waals surface area contributed by atoms with E-state index in [1.54, 1.807) is 54.6 Å². The molecule has 10 heteroatoms. The number of anilines is 1. The van der Waals surface area contributed by atoms with Gasteiger partial charge in [-0.2, -0.15) is 13.2 Å². The summed E-state index contributed by atoms with van der Waals surface area (Å²) in [6, 6.07) is 19.6. The van der Waals surface area contributed by atoms with E-state index < -0.39 is 15.9 Å². The van der Waals surface area contributed by atoms with E-state index in [1.807, 2.05) is 6.92 Å². The average molecular weight is 498 g/mol. The number of hydrogen-bond donors (Lipinski definition) is 2. The summed E-state index contributed by atoms with van der Waals surface area (Å²) < 4.78 is 36.2. The van der Waals surface area contributed by atoms with Gasteiger partial charge < -0.3 is 14.5 Å². The van der Waals surface area contributed by atoms with Crippen molar-refractivity contribution < 1.29 is 22.4 Å². The molecule has 1 aromatic heterocycles. The molecule has 0 aliphatic rings. The number of sulfonamides is 1. The quantitative estimate of drug-likeness (QED) is 0.382. The zero-order valence-corrected chi connectivity index (χ0v) is 19.8. The summed E-state index contributed by atoms with van der Waals surface area (Å²) in [7, 11) is -2.50. The van der Waals surface area contributed by atoms with Crippen molar-refractivity contribution in [2.45, 2.75) is 11.8 Å². The molecule has 0 bridgehead atoms. The second kappa shape index (κ2) is 9.58. The van der Waals surface area contributed by atoms with Gasteiger partial charge >= 0.3 is 0 Å². The first-order valence-corrected chi connectivity index (χ1v) is 11.9. The van der Waals surface area contributed by atoms with E-state index >= 15 is 0 Å². The number of carbonyl (C=O) groups excluding carboxylic acids is 1. The van der Waals surface area contributed by atoms with E-state index in [-0.39, 0.29) is 16.0 Å². The lowest BCUT2D eigenvalue weighted by atomic mass is 10.1. The Kier molecular flexibility index (Phi) is 6.58. The molecule has 0 saturated heterocycles. The lowest BCUT2D eigenvalue weighted by Gasteiger charge is -2.09. The van der Waals surface area contributed by atoms with Gasteiger partial charge in [0, 0.05) is 11.1 Å². The molecule has 0 aliphatic heterocycles. The molecule has 174 valence electrons. The highest BCUT2D eigenvalue weighted by Gasteiger charge is 2.16. The van der Waals surface area contributed by atoms with E-state index in [1.165, 1.54) is 25.3 Å². The molecule has 0 fully saturated rings. The van der Waals surface area contributed by atoms with E-state index in [4.69, 9.17) is 20.8 Å². The van der Waals surface area contributed by atoms with Gasteiger partial charge in [0.05, 0.1) is 17.0 Å². The second-order valence-electron chi connectivity index (χ2n) is 7.33. The predicted molar refractivity (Wildman–Crippen MR) is 129 cm³/mol. The summed E-state index contributed by atoms with van der Waals surface area (Å²) in [5.41, 5.74) is 1.58. The topological polar surface area (TPSA) is 110 Å². The maximum atomic E-state index is 13.1. The number of rotatable bonds is 6. The fraction of sp³-hybridized carbons (Fsp3) is 0.0833. The summed E-state index contributed by atoms with van der Waals surface area (Å²) in [5, 5.41) is 7.60. The number of para-hydroxylation sites is 1. The molecular weight excluding hydrogens is 478 g/mol. The Morgan fingerprint density at radius 3 is 2.47 bits per heavy atom. The van der Waals surface area contributed by atoms with E-state index in [9.17, 15) is 13.2 Å². The van der Waals surface area contributed by atoms with Gasteiger partial charge in [-0.1, -0.05) is 47.5 Å². The fourth-order valence-electron chi connectivity index (χ4n) is 3.13. The Bertz CT molecular complexity index is 1550. The third-order valence-corrected chi connectivity index (χ3v) is 6.43. The normalized spacial score (nSPS) is 11.9. The van der Waals surface area contributed by atoms with Crippen LogP contribution >= 0.6 is 11.6 Å². The zero-order chi connectivity index (χ0) is 24.3. The van der Waals surface area contributed by atoms with Crippen LogP contribution in [0.2, 0.25) is 5.02 Å². The lowest BCUT2D eigenvalue weighted by molar-refractivity contribution is 0.102. The van der Waals surface area contributed by atoms with Crippen LogP contribution in [0.5, 0.6) is 5.75 Å². The van der Waals surface area contributed by atoms with Gasteiger partial charge in [0.1, 0.15) is 16.9 Å². The van der Waals surface area contributed by atoms with Crippen molar-refractivity contribution >= 4 is 44.2 Å². The number of carbonyl (C=O) groups is 1. The van der Waals surface area contributed by atoms with Crippen LogP contribution in [0.3, 0.4) is 0 Å². The van der Waals surface area contributed by atoms with Gasteiger partial charge in [-0.25, -0.2) is 0 Å². The largest absolute Gasteiger partial charge is 0.495 e. The molecule has 1 heterocycles. The molecule has 0 saturated carbocycles. The van der Waals surface area contributed by atoms with Crippen LogP contribution in [-0.4, -0.2) is 21.4 Å². The Balaban J connectivity index is 1.73. The number of fused-ring (bicyclic) bond motifs is 1. The van der Waals surface area contributed by atoms with Crippen molar-refractivity contribution in [1.82, 2.24) is 4.83 Å². The Morgan fingerprint density at radius 1 is 1.03 bits per heavy atom. The van der Waals surface area contributed by atoms with Crippen molar-refractivity contribution in [3.8, 4) is 5.75 Å². The number of halogens is 1. The second-order valence-corrected chi connectivity index (χ2v) is 9.39. The van der Waals surface area contributed by atoms with Gasteiger partial charge in [0.15, 0.2) is 0 Å². The molecule has 2 N–H and O–H groups in total. The molecule has 0 unspecified atom stereocenters. The highest BCUT2D eigenvalue weighted by Crippen LogP contribution is 2.27. The first-order chi connectivity index (χ1) is 16.3. The van der Waals surface area contributed by atoms with Crippen LogP contribution in [0.25, 0.3) is 11.0 Å². The molecule has 0 atom stereocenters. The summed E-state index contributed by atoms with van der Waals surface area (Å²) in [6.07, 6.45) is 0. The molecule has 0 spiro atoms. The van der Waals surface area contributed by atoms with Gasteiger partial charge in [-0.3, -0.25) is 4.79 Å². The first-order valence-electron chi connectivity index (χ1n) is 10.1. The Morgan fingerprint density at radius 2 is 1.76 bits per heavy atom. The standard InChI is InChI=1S/C24H20ClN3O5S/c1-15-7-10-18(11-8-15)34(30,31)28-27-24-19(13-16-5-3-4-6-21(16)33-24)23(29)26-17-9-12-22(32-2)20(25)14-17/h3-14,28H,1-2H3,(H,26,29)/b27-24+. The third-order valence-electron chi connectivity index (χ3n) is 4.91. The third kappa shape index (κ3) is 5.05. The van der Waals surface area contributed by atoms with E-state index in [0.717, 1.165) is 5.56 Å². The number of nitrogens with zero attached hydrogens (tertiary/aromatic N) is 1. The van der Waals surface area contributed by atoms with Crippen LogP contribution in [0.4, 0.5) is 5.69 Å². The average Bonchev–Trinajstić information content (AvgIpc) is 2.82. The minimum absolute atomic E-state index is 0.0252. The van der Waals surface area contributed by atoms with Crippen molar-refractivity contribution in [2.75, 3.05) is 12.4 Å². The molecule has 0 radical (unpaired) electrons. The van der Waals surface area contributed by atoms with Crippen molar-refractivity contribution in [3.63, 3.8) is 0 Å². The van der Waals surface area contributed by atoms with Crippen LogP contribution in [0, 0.1) is 6.92 Å². The van der Waals surface area contributed by atoms with Gasteiger partial charge in [-0.05, 0) is 49.4 Å². The summed E-state index contributed by atoms with van der Waals surface area (Å²) >= 11 is 6.15. The molecule has 1 amide bonds. The summed E-state index contributed by atoms with van der Waals surface area (Å²) in [5.74, 6) is -0.106. The number of benzene rings is 3. The van der Waals surface area contributed by atoms with Crippen LogP contribution < -0.4 is 20.4 Å². The minimum Gasteiger partial charge on any atom is -0.495 e. The smallest absolute Gasteiger partial charge is 0.276 e. The van der Waals surface area contributed by atoms with E-state index in [2.05, 4.69) is 15.2 Å². The lowest BCUT2D eigenvalue weighted by Crippen LogP contribution is -2.27. The molecule has 8 nitrogen and oxygen atoms in total. The molecule has 3 aromatic carbocycles. The van der Waals surface area contributed by atoms with Crippen molar-refractivity contribution in [3.05, 3.63) is 94.5 Å². The maximum absolute atomic E-state index is 13.1. The number of aryl methyl sites for hydroxylation is 1. The van der Waals surface area contributed by atoms with E-state index in [0.29, 0.717) is 27.4 Å². The van der Waals surface area contributed by atoms with Crippen molar-refractivity contribution in [2.24, 2.45) is 5.10 Å². The molecule has 4 rings (SSSR count). The van der Waals surface area contributed by atoms with Gasteiger partial charge in [0.25, 0.3) is 15.9 Å². The maximum Gasteiger partial charge on any atom is 0.276 e. The fourth-order valence-corrected chi connectivity index (χ4v) is 4.19. The van der Waals surface area contributed by atoms with Crippen LogP contribution in [0.15, 0.2) is 87.2 Å². The first kappa shape index (κ1) is 23.3. The number of methoxy groups -OCH3 is 1. The molecule has 4 aromatic rings. The summed E-state index contributed by atoms with van der Waals surface area (Å²) in [4.78, 5) is 15.3. The number of amides is 1. The van der Waals surface area contributed by atoms with Gasteiger partial charge in [0.2, 0.25) is 5.55 Å². The van der Waals surface area contributed by atoms with Crippen LogP contribution in [0.1, 0.15) is 15.9 Å². The van der Waals surface area contributed by atoms with Crippen LogP contribution in [-0.2, 0) is 10.0 Å². The van der Waals surface area contributed by atoms with Gasteiger partial charge in [-0.15, -0.1) is 5.10 Å².